The number of nitrogens with zero attached hydrogens (tertiary/aromatic N) is 1. The molecular weight excluding hydrogens is 312 g/mol. The minimum atomic E-state index is -0.0826. The summed E-state index contributed by atoms with van der Waals surface area (Å²) in [4.78, 5) is 12.2. The number of hydrogen-bond donors (Lipinski definition) is 1. The molecule has 0 unspecified atom stereocenters. The number of amides is 1. The molecule has 1 heterocycles. The number of anilines is 1. The fourth-order valence-corrected chi connectivity index (χ4v) is 3.48. The number of carbonyl (C=O) groups excluding carboxylic acids is 1. The van der Waals surface area contributed by atoms with Crippen molar-refractivity contribution in [1.29, 1.82) is 0 Å². The molecule has 0 radical (unpaired) electrons. The summed E-state index contributed by atoms with van der Waals surface area (Å²) >= 11 is 4.77. The van der Waals surface area contributed by atoms with Crippen LogP contribution < -0.4 is 5.32 Å². The van der Waals surface area contributed by atoms with E-state index in [1.165, 1.54) is 17.1 Å². The van der Waals surface area contributed by atoms with Crippen LogP contribution in [-0.2, 0) is 12.8 Å². The maximum atomic E-state index is 12.2. The van der Waals surface area contributed by atoms with E-state index in [4.69, 9.17) is 0 Å². The zero-order valence-electron chi connectivity index (χ0n) is 9.57. The highest BCUT2D eigenvalue weighted by Crippen LogP contribution is 2.32. The van der Waals surface area contributed by atoms with Crippen molar-refractivity contribution in [3.8, 4) is 0 Å². The molecule has 1 aliphatic carbocycles. The van der Waals surface area contributed by atoms with E-state index in [9.17, 15) is 4.79 Å². The number of nitrogens with one attached hydrogen (secondary N) is 1. The second-order valence-electron chi connectivity index (χ2n) is 4.22. The molecule has 1 N–H and O–H groups in total. The zero-order valence-corrected chi connectivity index (χ0v) is 12.0. The summed E-state index contributed by atoms with van der Waals surface area (Å²) in [6, 6.07) is 7.43. The van der Waals surface area contributed by atoms with Crippen molar-refractivity contribution < 1.29 is 4.79 Å². The van der Waals surface area contributed by atoms with Gasteiger partial charge in [0.25, 0.3) is 5.91 Å². The second kappa shape index (κ2) is 4.82. The summed E-state index contributed by atoms with van der Waals surface area (Å²) in [6.45, 7) is 0. The molecule has 1 amide bonds. The molecule has 0 saturated heterocycles. The molecule has 1 aromatic heterocycles. The first-order valence-corrected chi connectivity index (χ1v) is 7.35. The minimum Gasteiger partial charge on any atom is -0.312 e. The molecule has 3 rings (SSSR count). The van der Waals surface area contributed by atoms with Crippen LogP contribution >= 0.6 is 27.5 Å². The number of fused-ring (bicyclic) bond motifs is 1. The molecule has 0 bridgehead atoms. The summed E-state index contributed by atoms with van der Waals surface area (Å²) in [5.74, 6) is -0.0826. The summed E-state index contributed by atoms with van der Waals surface area (Å²) < 4.78 is 5.19. The fourth-order valence-electron chi connectivity index (χ4n) is 2.14. The van der Waals surface area contributed by atoms with E-state index in [0.29, 0.717) is 5.56 Å². The Bertz CT molecular complexity index is 609. The first-order chi connectivity index (χ1) is 8.75. The van der Waals surface area contributed by atoms with Crippen LogP contribution in [0.5, 0.6) is 0 Å². The molecule has 0 spiro atoms. The van der Waals surface area contributed by atoms with Gasteiger partial charge in [-0.15, -0.1) is 0 Å². The molecule has 92 valence electrons. The molecule has 18 heavy (non-hydrogen) atoms. The molecule has 1 aliphatic rings. The second-order valence-corrected chi connectivity index (χ2v) is 5.85. The number of hydrogen-bond acceptors (Lipinski definition) is 3. The molecule has 0 fully saturated rings. The molecule has 0 atom stereocenters. The SMILES string of the molecule is O=C(Nc1snc2c1CCC2)c1ccccc1Br. The van der Waals surface area contributed by atoms with Gasteiger partial charge in [-0.2, -0.15) is 4.37 Å². The normalized spacial score (nSPS) is 13.4. The van der Waals surface area contributed by atoms with Crippen LogP contribution in [0.4, 0.5) is 5.00 Å². The van der Waals surface area contributed by atoms with Gasteiger partial charge in [0.1, 0.15) is 5.00 Å². The van der Waals surface area contributed by atoms with Gasteiger partial charge in [0, 0.05) is 10.0 Å². The molecular formula is C13H11BrN2OS. The molecule has 2 aromatic rings. The van der Waals surface area contributed by atoms with E-state index in [-0.39, 0.29) is 5.91 Å². The number of aromatic nitrogens is 1. The summed E-state index contributed by atoms with van der Waals surface area (Å²) in [7, 11) is 0. The monoisotopic (exact) mass is 322 g/mol. The maximum Gasteiger partial charge on any atom is 0.257 e. The van der Waals surface area contributed by atoms with E-state index in [1.54, 1.807) is 6.07 Å². The lowest BCUT2D eigenvalue weighted by Gasteiger charge is -2.05. The summed E-state index contributed by atoms with van der Waals surface area (Å²) in [6.07, 6.45) is 3.21. The van der Waals surface area contributed by atoms with E-state index in [1.807, 2.05) is 18.2 Å². The van der Waals surface area contributed by atoms with Gasteiger partial charge < -0.3 is 5.32 Å². The number of carbonyl (C=O) groups is 1. The van der Waals surface area contributed by atoms with Crippen molar-refractivity contribution in [3.05, 3.63) is 45.6 Å². The average Bonchev–Trinajstić information content (AvgIpc) is 2.94. The molecule has 5 heteroatoms. The lowest BCUT2D eigenvalue weighted by Crippen LogP contribution is -2.12. The molecule has 1 aromatic carbocycles. The van der Waals surface area contributed by atoms with Gasteiger partial charge in [-0.3, -0.25) is 4.79 Å². The van der Waals surface area contributed by atoms with Crippen molar-refractivity contribution in [3.63, 3.8) is 0 Å². The Morgan fingerprint density at radius 2 is 2.17 bits per heavy atom. The van der Waals surface area contributed by atoms with Crippen LogP contribution in [0.25, 0.3) is 0 Å². The molecule has 3 nitrogen and oxygen atoms in total. The third kappa shape index (κ3) is 2.08. The van der Waals surface area contributed by atoms with Gasteiger partial charge in [0.05, 0.1) is 11.3 Å². The number of aryl methyl sites for hydroxylation is 1. The minimum absolute atomic E-state index is 0.0826. The van der Waals surface area contributed by atoms with E-state index in [0.717, 1.165) is 34.4 Å². The molecule has 0 saturated carbocycles. The lowest BCUT2D eigenvalue weighted by molar-refractivity contribution is 0.102. The zero-order chi connectivity index (χ0) is 12.5. The highest BCUT2D eigenvalue weighted by Gasteiger charge is 2.21. The van der Waals surface area contributed by atoms with Crippen LogP contribution in [-0.4, -0.2) is 10.3 Å². The quantitative estimate of drug-likeness (QED) is 0.917. The van der Waals surface area contributed by atoms with Crippen molar-refractivity contribution in [2.24, 2.45) is 0 Å². The number of halogens is 1. The van der Waals surface area contributed by atoms with Gasteiger partial charge >= 0.3 is 0 Å². The Morgan fingerprint density at radius 3 is 3.00 bits per heavy atom. The van der Waals surface area contributed by atoms with Crippen LogP contribution in [0, 0.1) is 0 Å². The Kier molecular flexibility index (Phi) is 3.18. The first kappa shape index (κ1) is 11.9. The Hall–Kier alpha value is -1.20. The predicted octanol–water partition coefficient (Wildman–Crippen LogP) is 3.65. The van der Waals surface area contributed by atoms with Gasteiger partial charge in [-0.25, -0.2) is 0 Å². The van der Waals surface area contributed by atoms with Gasteiger partial charge in [0.2, 0.25) is 0 Å². The topological polar surface area (TPSA) is 42.0 Å². The highest BCUT2D eigenvalue weighted by molar-refractivity contribution is 9.10. The number of benzene rings is 1. The number of rotatable bonds is 2. The van der Waals surface area contributed by atoms with Gasteiger partial charge in [0.15, 0.2) is 0 Å². The van der Waals surface area contributed by atoms with E-state index in [2.05, 4.69) is 25.6 Å². The van der Waals surface area contributed by atoms with Gasteiger partial charge in [-0.1, -0.05) is 12.1 Å². The Labute approximate surface area is 118 Å². The molecule has 0 aliphatic heterocycles. The van der Waals surface area contributed by atoms with Crippen molar-refractivity contribution in [2.45, 2.75) is 19.3 Å². The van der Waals surface area contributed by atoms with Crippen LogP contribution in [0.3, 0.4) is 0 Å². The highest BCUT2D eigenvalue weighted by atomic mass is 79.9. The van der Waals surface area contributed by atoms with Gasteiger partial charge in [-0.05, 0) is 58.9 Å². The maximum absolute atomic E-state index is 12.2. The summed E-state index contributed by atoms with van der Waals surface area (Å²) in [5, 5.41) is 3.87. The van der Waals surface area contributed by atoms with Crippen molar-refractivity contribution >= 4 is 38.4 Å². The lowest BCUT2D eigenvalue weighted by atomic mass is 10.2. The largest absolute Gasteiger partial charge is 0.312 e. The third-order valence-electron chi connectivity index (χ3n) is 3.06. The van der Waals surface area contributed by atoms with Crippen molar-refractivity contribution in [2.75, 3.05) is 5.32 Å². The average molecular weight is 323 g/mol. The van der Waals surface area contributed by atoms with Crippen LogP contribution in [0.15, 0.2) is 28.7 Å². The smallest absolute Gasteiger partial charge is 0.257 e. The van der Waals surface area contributed by atoms with E-state index >= 15 is 0 Å². The third-order valence-corrected chi connectivity index (χ3v) is 4.59. The first-order valence-electron chi connectivity index (χ1n) is 5.79. The fraction of sp³-hybridized carbons (Fsp3) is 0.231. The van der Waals surface area contributed by atoms with Crippen molar-refractivity contribution in [1.82, 2.24) is 4.37 Å². The Balaban J connectivity index is 1.85. The summed E-state index contributed by atoms with van der Waals surface area (Å²) in [5.41, 5.74) is 3.03. The standard InChI is InChI=1S/C13H11BrN2OS/c14-10-6-2-1-4-8(10)12(17)15-13-9-5-3-7-11(9)16-18-13/h1-2,4,6H,3,5,7H2,(H,15,17). The Morgan fingerprint density at radius 1 is 1.33 bits per heavy atom. The van der Waals surface area contributed by atoms with E-state index < -0.39 is 0 Å². The van der Waals surface area contributed by atoms with Crippen LogP contribution in [0.1, 0.15) is 28.0 Å². The predicted molar refractivity (Wildman–Crippen MR) is 76.2 cm³/mol. The van der Waals surface area contributed by atoms with Crippen LogP contribution in [0.2, 0.25) is 0 Å².